The number of nitrogens with zero attached hydrogens (tertiary/aromatic N) is 3. The Hall–Kier alpha value is -2.84. The fraction of sp³-hybridized carbons (Fsp3) is 0.200. The van der Waals surface area contributed by atoms with E-state index in [0.717, 1.165) is 37.9 Å². The summed E-state index contributed by atoms with van der Waals surface area (Å²) in [6.07, 6.45) is 0.631. The molecule has 0 spiro atoms. The van der Waals surface area contributed by atoms with E-state index in [4.69, 9.17) is 20.1 Å². The van der Waals surface area contributed by atoms with Crippen molar-refractivity contribution in [1.82, 2.24) is 15.0 Å². The van der Waals surface area contributed by atoms with E-state index in [1.165, 1.54) is 5.56 Å². The van der Waals surface area contributed by atoms with Gasteiger partial charge in [-0.2, -0.15) is 4.98 Å². The smallest absolute Gasteiger partial charge is 0.307 e. The summed E-state index contributed by atoms with van der Waals surface area (Å²) < 4.78 is 1.58. The lowest BCUT2D eigenvalue weighted by Crippen LogP contribution is -2.24. The number of aliphatic carboxylic acids is 1. The first-order valence-corrected chi connectivity index (χ1v) is 15.9. The summed E-state index contributed by atoms with van der Waals surface area (Å²) in [6, 6.07) is 25.9. The molecule has 3 aromatic carbocycles. The average molecular weight is 775 g/mol. The number of hydrogen-bond donors (Lipinski definition) is 3. The highest BCUT2D eigenvalue weighted by Crippen LogP contribution is 2.39. The van der Waals surface area contributed by atoms with E-state index in [0.29, 0.717) is 20.1 Å². The number of aromatic nitrogens is 3. The molecule has 5 rings (SSSR count). The van der Waals surface area contributed by atoms with E-state index >= 15 is 0 Å². The van der Waals surface area contributed by atoms with Crippen LogP contribution in [0.4, 0.5) is 22.6 Å². The van der Waals surface area contributed by atoms with Gasteiger partial charge in [0.1, 0.15) is 5.82 Å². The minimum Gasteiger partial charge on any atom is -0.481 e. The van der Waals surface area contributed by atoms with Crippen LogP contribution in [0.15, 0.2) is 78.9 Å². The van der Waals surface area contributed by atoms with E-state index < -0.39 is 5.97 Å². The monoisotopic (exact) mass is 775 g/mol. The maximum absolute atomic E-state index is 11.0. The van der Waals surface area contributed by atoms with Crippen LogP contribution in [-0.2, 0) is 23.1 Å². The van der Waals surface area contributed by atoms with Crippen LogP contribution in [0.2, 0.25) is 0 Å². The van der Waals surface area contributed by atoms with Crippen LogP contribution >= 0.6 is 56.5 Å². The summed E-state index contributed by atoms with van der Waals surface area (Å²) >= 11 is 6.56. The third kappa shape index (κ3) is 7.07. The summed E-state index contributed by atoms with van der Waals surface area (Å²) in [4.78, 5) is 25.3. The van der Waals surface area contributed by atoms with Gasteiger partial charge < -0.3 is 15.7 Å². The summed E-state index contributed by atoms with van der Waals surface area (Å²) in [7, 11) is 0. The first-order valence-electron chi connectivity index (χ1n) is 12.6. The number of fused-ring (bicyclic) bond motifs is 1. The Morgan fingerprint density at radius 2 is 1.68 bits per heavy atom. The van der Waals surface area contributed by atoms with Gasteiger partial charge in [-0.1, -0.05) is 119 Å². The molecule has 7 nitrogen and oxygen atoms in total. The fourth-order valence-electron chi connectivity index (χ4n) is 4.14. The van der Waals surface area contributed by atoms with Gasteiger partial charge >= 0.3 is 5.97 Å². The van der Waals surface area contributed by atoms with Crippen molar-refractivity contribution in [1.29, 1.82) is 0 Å². The molecule has 0 saturated carbocycles. The number of halogens is 2. The van der Waals surface area contributed by atoms with Crippen molar-refractivity contribution < 1.29 is 9.90 Å². The van der Waals surface area contributed by atoms with Gasteiger partial charge in [-0.15, -0.1) is 0 Å². The number of nitrogens with one attached hydrogen (secondary N) is 2. The highest BCUT2D eigenvalue weighted by Gasteiger charge is 2.27. The second-order valence-electron chi connectivity index (χ2n) is 9.97. The number of carboxylic acids is 1. The molecule has 5 aromatic rings. The van der Waals surface area contributed by atoms with Gasteiger partial charge in [0.25, 0.3) is 0 Å². The molecule has 0 aliphatic heterocycles. The van der Waals surface area contributed by atoms with Crippen molar-refractivity contribution in [2.45, 2.75) is 34.0 Å². The quantitative estimate of drug-likeness (QED) is 0.0971. The molecule has 0 radical (unpaired) electrons. The van der Waals surface area contributed by atoms with Crippen LogP contribution < -0.4 is 10.6 Å². The zero-order valence-electron chi connectivity index (χ0n) is 21.9. The molecule has 0 bridgehead atoms. The molecular weight excluding hydrogens is 748 g/mol. The number of alkyl halides is 2. The van der Waals surface area contributed by atoms with E-state index in [2.05, 4.69) is 100.0 Å². The van der Waals surface area contributed by atoms with Crippen molar-refractivity contribution in [3.05, 3.63) is 101 Å². The number of rotatable bonds is 10. The number of thiazole rings is 1. The SMILES string of the molecule is CC(C)(c1ccc2nc(Nc3cc(Cc4ccccc4)nc(Nc4ccc(CC(=O)O)cc4)n3)sc2c1)C(I)I. The molecule has 0 amide bonds. The Balaban J connectivity index is 1.43. The molecule has 0 atom stereocenters. The van der Waals surface area contributed by atoms with Gasteiger partial charge in [-0.25, -0.2) is 9.97 Å². The second-order valence-corrected chi connectivity index (χ2v) is 15.9. The lowest BCUT2D eigenvalue weighted by atomic mass is 9.87. The van der Waals surface area contributed by atoms with Crippen molar-refractivity contribution in [3.8, 4) is 0 Å². The topological polar surface area (TPSA) is 100 Å². The Bertz CT molecular complexity index is 1640. The van der Waals surface area contributed by atoms with Gasteiger partial charge in [0.15, 0.2) is 5.13 Å². The fourth-order valence-corrected chi connectivity index (χ4v) is 5.77. The molecule has 2 aromatic heterocycles. The lowest BCUT2D eigenvalue weighted by molar-refractivity contribution is -0.136. The van der Waals surface area contributed by atoms with Crippen LogP contribution in [-0.4, -0.2) is 28.0 Å². The van der Waals surface area contributed by atoms with Crippen LogP contribution in [0.5, 0.6) is 0 Å². The molecular formula is C30H27I2N5O2S. The molecule has 2 heterocycles. The number of carbonyl (C=O) groups is 1. The number of anilines is 4. The van der Waals surface area contributed by atoms with E-state index in [9.17, 15) is 4.79 Å². The van der Waals surface area contributed by atoms with Crippen LogP contribution in [0, 0.1) is 0 Å². The number of carboxylic acid groups (broad SMARTS) is 1. The molecule has 3 N–H and O–H groups in total. The van der Waals surface area contributed by atoms with Crippen molar-refractivity contribution in [2.24, 2.45) is 0 Å². The van der Waals surface area contributed by atoms with Crippen molar-refractivity contribution in [2.75, 3.05) is 10.6 Å². The lowest BCUT2D eigenvalue weighted by Gasteiger charge is -2.27. The molecule has 0 aliphatic rings. The standard InChI is InChI=1S/C30H27I2N5O2S/c1-30(2,27(31)32)20-10-13-23-24(16-20)40-29(35-23)37-25-17-22(14-18-6-4-3-5-7-18)34-28(36-25)33-21-11-8-19(9-12-21)15-26(38)39/h3-13,16-17,27H,14-15H2,1-2H3,(H,38,39)(H2,33,34,35,36,37). The summed E-state index contributed by atoms with van der Waals surface area (Å²) in [6.45, 7) is 4.53. The molecule has 0 aliphatic carbocycles. The minimum atomic E-state index is -0.859. The predicted molar refractivity (Wildman–Crippen MR) is 180 cm³/mol. The Labute approximate surface area is 264 Å². The van der Waals surface area contributed by atoms with E-state index in [1.807, 2.05) is 36.4 Å². The van der Waals surface area contributed by atoms with Crippen LogP contribution in [0.25, 0.3) is 10.2 Å². The Morgan fingerprint density at radius 1 is 0.925 bits per heavy atom. The van der Waals surface area contributed by atoms with Crippen LogP contribution in [0.1, 0.15) is 36.2 Å². The van der Waals surface area contributed by atoms with Gasteiger partial charge in [-0.05, 0) is 41.0 Å². The third-order valence-corrected chi connectivity index (χ3v) is 10.5. The molecule has 10 heteroatoms. The Morgan fingerprint density at radius 3 is 2.38 bits per heavy atom. The van der Waals surface area contributed by atoms with Gasteiger partial charge in [0.2, 0.25) is 5.95 Å². The minimum absolute atomic E-state index is 0.0186. The van der Waals surface area contributed by atoms with Crippen LogP contribution in [0.3, 0.4) is 0 Å². The maximum Gasteiger partial charge on any atom is 0.307 e. The van der Waals surface area contributed by atoms with Gasteiger partial charge in [-0.3, -0.25) is 4.79 Å². The van der Waals surface area contributed by atoms with Crippen molar-refractivity contribution in [3.63, 3.8) is 0 Å². The second kappa shape index (κ2) is 12.4. The zero-order valence-corrected chi connectivity index (χ0v) is 27.0. The summed E-state index contributed by atoms with van der Waals surface area (Å²) in [5.74, 6) is 0.231. The highest BCUT2D eigenvalue weighted by atomic mass is 127. The number of hydrogen-bond acceptors (Lipinski definition) is 7. The first-order chi connectivity index (χ1) is 19.2. The molecule has 0 fully saturated rings. The number of benzene rings is 3. The van der Waals surface area contributed by atoms with Crippen molar-refractivity contribution >= 4 is 95.3 Å². The normalized spacial score (nSPS) is 11.6. The Kier molecular flexibility index (Phi) is 8.86. The third-order valence-electron chi connectivity index (χ3n) is 6.49. The molecule has 0 unspecified atom stereocenters. The largest absolute Gasteiger partial charge is 0.481 e. The predicted octanol–water partition coefficient (Wildman–Crippen LogP) is 8.27. The summed E-state index contributed by atoms with van der Waals surface area (Å²) in [5.41, 5.74) is 5.79. The maximum atomic E-state index is 11.0. The summed E-state index contributed by atoms with van der Waals surface area (Å²) in [5, 5.41) is 16.5. The zero-order chi connectivity index (χ0) is 28.3. The highest BCUT2D eigenvalue weighted by molar-refractivity contribution is 14.2. The van der Waals surface area contributed by atoms with E-state index in [1.54, 1.807) is 23.5 Å². The van der Waals surface area contributed by atoms with Gasteiger partial charge in [0.05, 0.1) is 24.3 Å². The average Bonchev–Trinajstić information content (AvgIpc) is 3.31. The molecule has 204 valence electrons. The van der Waals surface area contributed by atoms with E-state index in [-0.39, 0.29) is 11.8 Å². The van der Waals surface area contributed by atoms with Gasteiger partial charge in [0, 0.05) is 23.6 Å². The first kappa shape index (κ1) is 28.7. The molecule has 0 saturated heterocycles. The molecule has 40 heavy (non-hydrogen) atoms.